The molecule has 0 aliphatic carbocycles. The summed E-state index contributed by atoms with van der Waals surface area (Å²) in [6.45, 7) is -0.241. The summed E-state index contributed by atoms with van der Waals surface area (Å²) in [4.78, 5) is 23.7. The summed E-state index contributed by atoms with van der Waals surface area (Å²) < 4.78 is 25.4. The molecule has 0 spiro atoms. The lowest BCUT2D eigenvalue weighted by Gasteiger charge is -2.07. The average Bonchev–Trinajstić information content (AvgIpc) is 3.28. The predicted octanol–water partition coefficient (Wildman–Crippen LogP) is 3.11. The molecule has 0 atom stereocenters. The van der Waals surface area contributed by atoms with E-state index < -0.39 is 24.3 Å². The Balaban J connectivity index is 1.52. The summed E-state index contributed by atoms with van der Waals surface area (Å²) in [5.74, 6) is -1.70. The monoisotopic (exact) mass is 377 g/mol. The van der Waals surface area contributed by atoms with Gasteiger partial charge in [-0.25, -0.2) is 9.18 Å². The van der Waals surface area contributed by atoms with E-state index in [1.54, 1.807) is 29.2 Å². The van der Waals surface area contributed by atoms with Gasteiger partial charge in [0.2, 0.25) is 5.76 Å². The van der Waals surface area contributed by atoms with Crippen molar-refractivity contribution in [3.05, 3.63) is 71.2 Å². The van der Waals surface area contributed by atoms with Gasteiger partial charge in [-0.15, -0.1) is 0 Å². The molecule has 3 rings (SSSR count). The minimum atomic E-state index is -0.807. The van der Waals surface area contributed by atoms with Crippen molar-refractivity contribution in [2.24, 2.45) is 0 Å². The molecule has 1 N–H and O–H groups in total. The zero-order chi connectivity index (χ0) is 18.5. The molecule has 0 aliphatic rings. The van der Waals surface area contributed by atoms with Gasteiger partial charge in [0.1, 0.15) is 11.6 Å². The van der Waals surface area contributed by atoms with E-state index in [2.05, 4.69) is 10.4 Å². The van der Waals surface area contributed by atoms with Crippen LogP contribution in [0.5, 0.6) is 0 Å². The number of nitrogens with zero attached hydrogens (tertiary/aromatic N) is 2. The highest BCUT2D eigenvalue weighted by Crippen LogP contribution is 2.19. The van der Waals surface area contributed by atoms with Gasteiger partial charge in [-0.2, -0.15) is 5.10 Å². The maximum atomic E-state index is 13.5. The summed E-state index contributed by atoms with van der Waals surface area (Å²) in [6, 6.07) is 8.54. The molecule has 7 nitrogen and oxygen atoms in total. The Labute approximate surface area is 152 Å². The fourth-order valence-electron chi connectivity index (χ4n) is 2.11. The number of nitrogens with one attached hydrogen (secondary N) is 1. The number of esters is 1. The van der Waals surface area contributed by atoms with Crippen LogP contribution in [0.1, 0.15) is 16.3 Å². The zero-order valence-corrected chi connectivity index (χ0v) is 14.1. The molecular weight excluding hydrogens is 365 g/mol. The number of hydrogen-bond donors (Lipinski definition) is 1. The van der Waals surface area contributed by atoms with Crippen molar-refractivity contribution >= 4 is 29.2 Å². The molecule has 3 aromatic rings. The molecule has 26 heavy (non-hydrogen) atoms. The van der Waals surface area contributed by atoms with Crippen molar-refractivity contribution in [3.63, 3.8) is 0 Å². The molecule has 0 unspecified atom stereocenters. The number of furan rings is 1. The van der Waals surface area contributed by atoms with Crippen LogP contribution in [-0.4, -0.2) is 28.3 Å². The molecule has 0 saturated carbocycles. The second kappa shape index (κ2) is 7.83. The van der Waals surface area contributed by atoms with Crippen LogP contribution in [-0.2, 0) is 16.1 Å². The Morgan fingerprint density at radius 3 is 2.92 bits per heavy atom. The molecular formula is C17H13ClFN3O4. The Morgan fingerprint density at radius 1 is 1.31 bits per heavy atom. The van der Waals surface area contributed by atoms with Crippen LogP contribution in [0.15, 0.2) is 53.2 Å². The Hall–Kier alpha value is -3.13. The van der Waals surface area contributed by atoms with E-state index in [9.17, 15) is 14.0 Å². The Bertz CT molecular complexity index is 924. The number of benzene rings is 1. The van der Waals surface area contributed by atoms with Crippen LogP contribution in [0.2, 0.25) is 5.02 Å². The zero-order valence-electron chi connectivity index (χ0n) is 13.3. The number of amides is 1. The molecule has 1 amide bonds. The van der Waals surface area contributed by atoms with E-state index in [0.717, 1.165) is 6.07 Å². The minimum Gasteiger partial charge on any atom is -0.452 e. The van der Waals surface area contributed by atoms with E-state index in [0.29, 0.717) is 12.3 Å². The standard InChI is InChI=1S/C17H13ClFN3O4/c18-11-2-4-13(19)14(8-11)21-16(23)10-25-17(24)15-5-3-12(26-15)9-22-7-1-6-20-22/h1-8H,9-10H2,(H,21,23). The highest BCUT2D eigenvalue weighted by Gasteiger charge is 2.16. The number of aromatic nitrogens is 2. The number of carbonyl (C=O) groups excluding carboxylic acids is 2. The maximum Gasteiger partial charge on any atom is 0.374 e. The van der Waals surface area contributed by atoms with Crippen LogP contribution < -0.4 is 5.32 Å². The number of ether oxygens (including phenoxy) is 1. The third-order valence-electron chi connectivity index (χ3n) is 3.28. The summed E-state index contributed by atoms with van der Waals surface area (Å²) in [5.41, 5.74) is -0.0990. The van der Waals surface area contributed by atoms with Gasteiger partial charge in [-0.05, 0) is 36.4 Å². The molecule has 0 radical (unpaired) electrons. The van der Waals surface area contributed by atoms with Gasteiger partial charge >= 0.3 is 5.97 Å². The van der Waals surface area contributed by atoms with Crippen molar-refractivity contribution in [1.29, 1.82) is 0 Å². The van der Waals surface area contributed by atoms with Gasteiger partial charge in [-0.3, -0.25) is 9.48 Å². The molecule has 0 bridgehead atoms. The van der Waals surface area contributed by atoms with Crippen molar-refractivity contribution < 1.29 is 23.1 Å². The van der Waals surface area contributed by atoms with Crippen molar-refractivity contribution in [1.82, 2.24) is 9.78 Å². The SMILES string of the molecule is O=C(COC(=O)c1ccc(Cn2cccn2)o1)Nc1cc(Cl)ccc1F. The number of carbonyl (C=O) groups is 2. The number of rotatable bonds is 6. The normalized spacial score (nSPS) is 10.5. The lowest BCUT2D eigenvalue weighted by Crippen LogP contribution is -2.21. The minimum absolute atomic E-state index is 0.0473. The molecule has 9 heteroatoms. The Morgan fingerprint density at radius 2 is 2.15 bits per heavy atom. The van der Waals surface area contributed by atoms with Gasteiger partial charge in [0.25, 0.3) is 5.91 Å². The third-order valence-corrected chi connectivity index (χ3v) is 3.51. The first-order valence-corrected chi connectivity index (χ1v) is 7.87. The van der Waals surface area contributed by atoms with Crippen molar-refractivity contribution in [2.45, 2.75) is 6.54 Å². The fourth-order valence-corrected chi connectivity index (χ4v) is 2.28. The number of halogens is 2. The predicted molar refractivity (Wildman–Crippen MR) is 90.4 cm³/mol. The molecule has 0 fully saturated rings. The highest BCUT2D eigenvalue weighted by atomic mass is 35.5. The summed E-state index contributed by atoms with van der Waals surface area (Å²) in [5, 5.41) is 6.56. The Kier molecular flexibility index (Phi) is 5.33. The molecule has 0 aliphatic heterocycles. The lowest BCUT2D eigenvalue weighted by molar-refractivity contribution is -0.119. The average molecular weight is 378 g/mol. The van der Waals surface area contributed by atoms with Crippen LogP contribution in [0.3, 0.4) is 0 Å². The lowest BCUT2D eigenvalue weighted by atomic mass is 10.3. The summed E-state index contributed by atoms with van der Waals surface area (Å²) in [6.07, 6.45) is 3.37. The number of anilines is 1. The molecule has 0 saturated heterocycles. The fraction of sp³-hybridized carbons (Fsp3) is 0.118. The smallest absolute Gasteiger partial charge is 0.374 e. The van der Waals surface area contributed by atoms with Gasteiger partial charge < -0.3 is 14.5 Å². The van der Waals surface area contributed by atoms with E-state index >= 15 is 0 Å². The first kappa shape index (κ1) is 17.7. The van der Waals surface area contributed by atoms with Crippen LogP contribution in [0.4, 0.5) is 10.1 Å². The largest absolute Gasteiger partial charge is 0.452 e. The number of hydrogen-bond acceptors (Lipinski definition) is 5. The molecule has 134 valence electrons. The van der Waals surface area contributed by atoms with Gasteiger partial charge in [0.15, 0.2) is 6.61 Å². The summed E-state index contributed by atoms with van der Waals surface area (Å²) in [7, 11) is 0. The first-order valence-electron chi connectivity index (χ1n) is 7.49. The van der Waals surface area contributed by atoms with Crippen molar-refractivity contribution in [2.75, 3.05) is 11.9 Å². The highest BCUT2D eigenvalue weighted by molar-refractivity contribution is 6.30. The molecule has 1 aromatic carbocycles. The van der Waals surface area contributed by atoms with E-state index in [1.165, 1.54) is 18.2 Å². The van der Waals surface area contributed by atoms with Gasteiger partial charge in [-0.1, -0.05) is 11.6 Å². The second-order valence-electron chi connectivity index (χ2n) is 5.22. The van der Waals surface area contributed by atoms with E-state index in [4.69, 9.17) is 20.8 Å². The van der Waals surface area contributed by atoms with Crippen molar-refractivity contribution in [3.8, 4) is 0 Å². The maximum absolute atomic E-state index is 13.5. The van der Waals surface area contributed by atoms with Crippen LogP contribution >= 0.6 is 11.6 Å². The van der Waals surface area contributed by atoms with Gasteiger partial charge in [0.05, 0.1) is 12.2 Å². The summed E-state index contributed by atoms with van der Waals surface area (Å²) >= 11 is 5.74. The quantitative estimate of drug-likeness (QED) is 0.667. The van der Waals surface area contributed by atoms with Gasteiger partial charge in [0, 0.05) is 17.4 Å². The van der Waals surface area contributed by atoms with E-state index in [-0.39, 0.29) is 16.5 Å². The third kappa shape index (κ3) is 4.48. The molecule has 2 heterocycles. The molecule has 2 aromatic heterocycles. The second-order valence-corrected chi connectivity index (χ2v) is 5.65. The van der Waals surface area contributed by atoms with Crippen LogP contribution in [0, 0.1) is 5.82 Å². The topological polar surface area (TPSA) is 86.4 Å². The van der Waals surface area contributed by atoms with Crippen LogP contribution in [0.25, 0.3) is 0 Å². The first-order chi connectivity index (χ1) is 12.5. The van der Waals surface area contributed by atoms with E-state index in [1.807, 2.05) is 0 Å².